The predicted octanol–water partition coefficient (Wildman–Crippen LogP) is 4.70. The van der Waals surface area contributed by atoms with Gasteiger partial charge in [-0.2, -0.15) is 0 Å². The summed E-state index contributed by atoms with van der Waals surface area (Å²) in [5.74, 6) is -1.43. The van der Waals surface area contributed by atoms with E-state index in [0.29, 0.717) is 12.0 Å². The molecular weight excluding hydrogens is 256 g/mol. The minimum Gasteiger partial charge on any atom is -0.316 e. The Kier molecular flexibility index (Phi) is 7.14. The minimum absolute atomic E-state index is 0.0145. The smallest absolute Gasteiger partial charge is 0.162 e. The van der Waals surface area contributed by atoms with Crippen LogP contribution in [0.25, 0.3) is 0 Å². The molecule has 1 aromatic rings. The van der Waals surface area contributed by atoms with Crippen molar-refractivity contribution in [2.24, 2.45) is 5.41 Å². The van der Waals surface area contributed by atoms with Gasteiger partial charge in [-0.3, -0.25) is 0 Å². The highest BCUT2D eigenvalue weighted by molar-refractivity contribution is 5.20. The molecule has 0 fully saturated rings. The molecule has 1 nitrogen and oxygen atoms in total. The molecule has 1 unspecified atom stereocenters. The average Bonchev–Trinajstić information content (AvgIpc) is 2.47. The van der Waals surface area contributed by atoms with Gasteiger partial charge < -0.3 is 5.32 Å². The maximum atomic E-state index is 13.9. The zero-order chi connectivity index (χ0) is 15.0. The monoisotopic (exact) mass is 283 g/mol. The Morgan fingerprint density at radius 1 is 1.15 bits per heavy atom. The standard InChI is InChI=1S/C17H27F2N/c1-4-7-11-17(5-2,13-20-6-3)12-14-9-8-10-15(18)16(14)19/h8-10,20H,4-7,11-13H2,1-3H3. The molecule has 114 valence electrons. The van der Waals surface area contributed by atoms with Crippen molar-refractivity contribution in [3.63, 3.8) is 0 Å². The average molecular weight is 283 g/mol. The first kappa shape index (κ1) is 17.1. The second kappa shape index (κ2) is 8.35. The molecule has 0 saturated carbocycles. The van der Waals surface area contributed by atoms with E-state index in [1.165, 1.54) is 6.07 Å². The predicted molar refractivity (Wildman–Crippen MR) is 80.9 cm³/mol. The van der Waals surface area contributed by atoms with Crippen LogP contribution in [0.4, 0.5) is 8.78 Å². The van der Waals surface area contributed by atoms with Gasteiger partial charge in [-0.15, -0.1) is 0 Å². The van der Waals surface area contributed by atoms with Gasteiger partial charge >= 0.3 is 0 Å². The van der Waals surface area contributed by atoms with Crippen LogP contribution in [-0.4, -0.2) is 13.1 Å². The third-order valence-electron chi connectivity index (χ3n) is 4.16. The maximum absolute atomic E-state index is 13.9. The molecule has 20 heavy (non-hydrogen) atoms. The summed E-state index contributed by atoms with van der Waals surface area (Å²) >= 11 is 0. The van der Waals surface area contributed by atoms with Crippen LogP contribution in [0.3, 0.4) is 0 Å². The topological polar surface area (TPSA) is 12.0 Å². The fourth-order valence-corrected chi connectivity index (χ4v) is 2.70. The van der Waals surface area contributed by atoms with Crippen molar-refractivity contribution < 1.29 is 8.78 Å². The Labute approximate surface area is 121 Å². The molecule has 0 saturated heterocycles. The fraction of sp³-hybridized carbons (Fsp3) is 0.647. The summed E-state index contributed by atoms with van der Waals surface area (Å²) in [6.07, 6.45) is 4.86. The molecule has 0 heterocycles. The molecule has 0 aliphatic rings. The van der Waals surface area contributed by atoms with Crippen LogP contribution in [0.1, 0.15) is 52.0 Å². The number of unbranched alkanes of at least 4 members (excludes halogenated alkanes) is 1. The second-order valence-corrected chi connectivity index (χ2v) is 5.63. The van der Waals surface area contributed by atoms with Crippen LogP contribution in [0.2, 0.25) is 0 Å². The van der Waals surface area contributed by atoms with Crippen LogP contribution in [-0.2, 0) is 6.42 Å². The number of halogens is 2. The van der Waals surface area contributed by atoms with Crippen molar-refractivity contribution in [2.45, 2.75) is 52.9 Å². The Hall–Kier alpha value is -0.960. The zero-order valence-corrected chi connectivity index (χ0v) is 12.9. The zero-order valence-electron chi connectivity index (χ0n) is 12.9. The van der Waals surface area contributed by atoms with Crippen molar-refractivity contribution in [1.82, 2.24) is 5.32 Å². The number of hydrogen-bond acceptors (Lipinski definition) is 1. The number of nitrogens with one attached hydrogen (secondary N) is 1. The fourth-order valence-electron chi connectivity index (χ4n) is 2.70. The summed E-state index contributed by atoms with van der Waals surface area (Å²) in [5.41, 5.74) is 0.515. The Morgan fingerprint density at radius 2 is 1.90 bits per heavy atom. The number of hydrogen-bond donors (Lipinski definition) is 1. The minimum atomic E-state index is -0.744. The van der Waals surface area contributed by atoms with Gasteiger partial charge in [-0.05, 0) is 42.9 Å². The van der Waals surface area contributed by atoms with Gasteiger partial charge in [-0.1, -0.05) is 45.7 Å². The quantitative estimate of drug-likeness (QED) is 0.692. The van der Waals surface area contributed by atoms with E-state index in [1.807, 2.05) is 0 Å². The first-order valence-corrected chi connectivity index (χ1v) is 7.72. The molecule has 0 aromatic heterocycles. The summed E-state index contributed by atoms with van der Waals surface area (Å²) in [5, 5.41) is 3.39. The Bertz CT molecular complexity index is 396. The molecule has 3 heteroatoms. The first-order chi connectivity index (χ1) is 9.58. The molecule has 0 radical (unpaired) electrons. The number of rotatable bonds is 9. The van der Waals surface area contributed by atoms with Crippen LogP contribution in [0.15, 0.2) is 18.2 Å². The lowest BCUT2D eigenvalue weighted by Gasteiger charge is -2.33. The first-order valence-electron chi connectivity index (χ1n) is 7.72. The molecule has 1 aromatic carbocycles. The molecule has 1 N–H and O–H groups in total. The van der Waals surface area contributed by atoms with E-state index in [0.717, 1.165) is 38.8 Å². The molecule has 0 bridgehead atoms. The summed E-state index contributed by atoms with van der Waals surface area (Å²) in [4.78, 5) is 0. The normalized spacial score (nSPS) is 14.2. The lowest BCUT2D eigenvalue weighted by Crippen LogP contribution is -2.36. The highest BCUT2D eigenvalue weighted by atomic mass is 19.2. The van der Waals surface area contributed by atoms with E-state index in [1.54, 1.807) is 12.1 Å². The SMILES string of the molecule is CCCCC(CC)(CNCC)Cc1cccc(F)c1F. The van der Waals surface area contributed by atoms with Crippen LogP contribution < -0.4 is 5.32 Å². The van der Waals surface area contributed by atoms with E-state index >= 15 is 0 Å². The molecule has 0 aliphatic carbocycles. The Balaban J connectivity index is 2.94. The summed E-state index contributed by atoms with van der Waals surface area (Å²) in [6.45, 7) is 8.14. The largest absolute Gasteiger partial charge is 0.316 e. The summed E-state index contributed by atoms with van der Waals surface area (Å²) < 4.78 is 27.3. The van der Waals surface area contributed by atoms with Crippen LogP contribution in [0, 0.1) is 17.0 Å². The second-order valence-electron chi connectivity index (χ2n) is 5.63. The van der Waals surface area contributed by atoms with E-state index in [9.17, 15) is 8.78 Å². The van der Waals surface area contributed by atoms with Gasteiger partial charge in [0.1, 0.15) is 0 Å². The van der Waals surface area contributed by atoms with Crippen LogP contribution in [0.5, 0.6) is 0 Å². The highest BCUT2D eigenvalue weighted by Gasteiger charge is 2.29. The van der Waals surface area contributed by atoms with Gasteiger partial charge in [0.2, 0.25) is 0 Å². The summed E-state index contributed by atoms with van der Waals surface area (Å²) in [7, 11) is 0. The van der Waals surface area contributed by atoms with Gasteiger partial charge in [0.25, 0.3) is 0 Å². The van der Waals surface area contributed by atoms with E-state index in [4.69, 9.17) is 0 Å². The molecule has 1 atom stereocenters. The highest BCUT2D eigenvalue weighted by Crippen LogP contribution is 2.33. The Morgan fingerprint density at radius 3 is 2.50 bits per heavy atom. The van der Waals surface area contributed by atoms with Gasteiger partial charge in [-0.25, -0.2) is 8.78 Å². The number of benzene rings is 1. The van der Waals surface area contributed by atoms with Crippen molar-refractivity contribution in [2.75, 3.05) is 13.1 Å². The van der Waals surface area contributed by atoms with E-state index in [2.05, 4.69) is 26.1 Å². The van der Waals surface area contributed by atoms with Crippen molar-refractivity contribution in [1.29, 1.82) is 0 Å². The molecule has 0 spiro atoms. The third kappa shape index (κ3) is 4.55. The van der Waals surface area contributed by atoms with Gasteiger partial charge in [0, 0.05) is 6.54 Å². The van der Waals surface area contributed by atoms with Crippen molar-refractivity contribution in [3.05, 3.63) is 35.4 Å². The van der Waals surface area contributed by atoms with Gasteiger partial charge in [0.05, 0.1) is 0 Å². The van der Waals surface area contributed by atoms with Gasteiger partial charge in [0.15, 0.2) is 11.6 Å². The van der Waals surface area contributed by atoms with Crippen molar-refractivity contribution >= 4 is 0 Å². The third-order valence-corrected chi connectivity index (χ3v) is 4.16. The van der Waals surface area contributed by atoms with Crippen LogP contribution >= 0.6 is 0 Å². The maximum Gasteiger partial charge on any atom is 0.162 e. The molecule has 1 rings (SSSR count). The lowest BCUT2D eigenvalue weighted by molar-refractivity contribution is 0.227. The lowest BCUT2D eigenvalue weighted by atomic mass is 9.75. The van der Waals surface area contributed by atoms with E-state index < -0.39 is 11.6 Å². The van der Waals surface area contributed by atoms with Crippen molar-refractivity contribution in [3.8, 4) is 0 Å². The molecule has 0 aliphatic heterocycles. The summed E-state index contributed by atoms with van der Waals surface area (Å²) in [6, 6.07) is 4.49. The van der Waals surface area contributed by atoms with E-state index in [-0.39, 0.29) is 5.41 Å². The molecular formula is C17H27F2N. The molecule has 0 amide bonds.